The molecule has 6 heteroatoms. The van der Waals surface area contributed by atoms with E-state index in [1.54, 1.807) is 18.6 Å². The fraction of sp³-hybridized carbons (Fsp3) is 0.0667. The molecule has 6 nitrogen and oxygen atoms in total. The number of carbonyl (C=O) groups is 1. The molecule has 0 aliphatic rings. The lowest BCUT2D eigenvalue weighted by molar-refractivity contribution is 0.0660. The first kappa shape index (κ1) is 13.0. The molecule has 0 amide bonds. The number of imidazole rings is 1. The van der Waals surface area contributed by atoms with Gasteiger partial charge in [-0.15, -0.1) is 0 Å². The van der Waals surface area contributed by atoms with E-state index in [1.807, 2.05) is 35.0 Å². The molecule has 0 fully saturated rings. The molecular weight excluding hydrogens is 270 g/mol. The van der Waals surface area contributed by atoms with E-state index in [4.69, 9.17) is 9.52 Å². The first-order valence-corrected chi connectivity index (χ1v) is 6.36. The average Bonchev–Trinajstić information content (AvgIpc) is 3.17. The van der Waals surface area contributed by atoms with Crippen LogP contribution in [0.25, 0.3) is 5.69 Å². The lowest BCUT2D eigenvalue weighted by Crippen LogP contribution is -1.99. The van der Waals surface area contributed by atoms with Gasteiger partial charge in [-0.25, -0.2) is 9.78 Å². The third-order valence-corrected chi connectivity index (χ3v) is 2.99. The van der Waals surface area contributed by atoms with Crippen molar-refractivity contribution >= 4 is 11.7 Å². The summed E-state index contributed by atoms with van der Waals surface area (Å²) in [6.45, 7) is 0.417. The third-order valence-electron chi connectivity index (χ3n) is 2.99. The number of rotatable bonds is 5. The number of aromatic nitrogens is 2. The molecular formula is C15H13N3O3. The van der Waals surface area contributed by atoms with Crippen LogP contribution in [0.15, 0.2) is 59.5 Å². The highest BCUT2D eigenvalue weighted by Crippen LogP contribution is 2.16. The maximum absolute atomic E-state index is 10.7. The van der Waals surface area contributed by atoms with Gasteiger partial charge in [0.05, 0.1) is 12.9 Å². The van der Waals surface area contributed by atoms with E-state index >= 15 is 0 Å². The van der Waals surface area contributed by atoms with Crippen molar-refractivity contribution in [1.82, 2.24) is 9.55 Å². The second-order valence-electron chi connectivity index (χ2n) is 4.44. The van der Waals surface area contributed by atoms with Crippen molar-refractivity contribution in [2.45, 2.75) is 6.54 Å². The predicted molar refractivity (Wildman–Crippen MR) is 76.6 cm³/mol. The number of nitrogens with zero attached hydrogens (tertiary/aromatic N) is 2. The van der Waals surface area contributed by atoms with Crippen LogP contribution in [-0.4, -0.2) is 20.6 Å². The second-order valence-corrected chi connectivity index (χ2v) is 4.44. The molecule has 3 aromatic rings. The molecule has 0 spiro atoms. The summed E-state index contributed by atoms with van der Waals surface area (Å²) >= 11 is 0. The van der Waals surface area contributed by atoms with Crippen LogP contribution < -0.4 is 5.32 Å². The summed E-state index contributed by atoms with van der Waals surface area (Å²) in [6.07, 6.45) is 5.31. The minimum absolute atomic E-state index is 0.0565. The first-order chi connectivity index (χ1) is 10.2. The number of hydrogen-bond donors (Lipinski definition) is 2. The Bertz CT molecular complexity index is 747. The van der Waals surface area contributed by atoms with E-state index in [0.717, 1.165) is 11.4 Å². The predicted octanol–water partition coefficient (Wildman–Crippen LogP) is 2.78. The fourth-order valence-corrected chi connectivity index (χ4v) is 1.97. The van der Waals surface area contributed by atoms with Gasteiger partial charge in [-0.1, -0.05) is 6.07 Å². The fourth-order valence-electron chi connectivity index (χ4n) is 1.97. The quantitative estimate of drug-likeness (QED) is 0.752. The Morgan fingerprint density at radius 1 is 1.33 bits per heavy atom. The van der Waals surface area contributed by atoms with Gasteiger partial charge in [-0.3, -0.25) is 0 Å². The molecule has 2 heterocycles. The van der Waals surface area contributed by atoms with Crippen molar-refractivity contribution in [3.63, 3.8) is 0 Å². The number of nitrogens with one attached hydrogen (secondary N) is 1. The Balaban J connectivity index is 1.70. The van der Waals surface area contributed by atoms with Gasteiger partial charge in [0.1, 0.15) is 5.76 Å². The number of aromatic carboxylic acids is 1. The van der Waals surface area contributed by atoms with Crippen molar-refractivity contribution in [3.8, 4) is 5.69 Å². The SMILES string of the molecule is O=C(O)c1ccc(CNc2cccc(-n3ccnc3)c2)o1. The number of carboxylic acid groups (broad SMARTS) is 1. The summed E-state index contributed by atoms with van der Waals surface area (Å²) in [6, 6.07) is 10.9. The molecule has 106 valence electrons. The van der Waals surface area contributed by atoms with Gasteiger partial charge in [-0.2, -0.15) is 0 Å². The molecule has 21 heavy (non-hydrogen) atoms. The van der Waals surface area contributed by atoms with E-state index in [0.29, 0.717) is 12.3 Å². The zero-order valence-corrected chi connectivity index (χ0v) is 11.1. The molecule has 0 bridgehead atoms. The molecule has 3 rings (SSSR count). The van der Waals surface area contributed by atoms with Crippen LogP contribution in [0.2, 0.25) is 0 Å². The number of anilines is 1. The van der Waals surface area contributed by atoms with Gasteiger partial charge in [0.2, 0.25) is 5.76 Å². The van der Waals surface area contributed by atoms with E-state index in [1.165, 1.54) is 6.07 Å². The van der Waals surface area contributed by atoms with Crippen LogP contribution in [0.5, 0.6) is 0 Å². The van der Waals surface area contributed by atoms with Crippen LogP contribution in [0.3, 0.4) is 0 Å². The molecule has 0 unspecified atom stereocenters. The normalized spacial score (nSPS) is 10.5. The average molecular weight is 283 g/mol. The largest absolute Gasteiger partial charge is 0.475 e. The van der Waals surface area contributed by atoms with E-state index in [-0.39, 0.29) is 5.76 Å². The molecule has 0 saturated heterocycles. The highest BCUT2D eigenvalue weighted by atomic mass is 16.4. The number of hydrogen-bond acceptors (Lipinski definition) is 4. The summed E-state index contributed by atoms with van der Waals surface area (Å²) in [5.41, 5.74) is 1.90. The molecule has 0 saturated carbocycles. The van der Waals surface area contributed by atoms with Crippen LogP contribution in [0.1, 0.15) is 16.3 Å². The zero-order chi connectivity index (χ0) is 14.7. The number of furan rings is 1. The molecule has 1 aromatic carbocycles. The number of benzene rings is 1. The summed E-state index contributed by atoms with van der Waals surface area (Å²) in [5.74, 6) is -0.553. The Morgan fingerprint density at radius 3 is 2.95 bits per heavy atom. The minimum Gasteiger partial charge on any atom is -0.475 e. The summed E-state index contributed by atoms with van der Waals surface area (Å²) in [4.78, 5) is 14.8. The smallest absolute Gasteiger partial charge is 0.371 e. The summed E-state index contributed by atoms with van der Waals surface area (Å²) in [7, 11) is 0. The van der Waals surface area contributed by atoms with Crippen molar-refractivity contribution < 1.29 is 14.3 Å². The van der Waals surface area contributed by atoms with Crippen LogP contribution in [0.4, 0.5) is 5.69 Å². The van der Waals surface area contributed by atoms with E-state index in [2.05, 4.69) is 10.3 Å². The van der Waals surface area contributed by atoms with Gasteiger partial charge in [0.25, 0.3) is 0 Å². The van der Waals surface area contributed by atoms with Gasteiger partial charge < -0.3 is 19.4 Å². The molecule has 2 N–H and O–H groups in total. The topological polar surface area (TPSA) is 80.3 Å². The highest BCUT2D eigenvalue weighted by molar-refractivity contribution is 5.84. The molecule has 0 aliphatic carbocycles. The molecule has 0 radical (unpaired) electrons. The van der Waals surface area contributed by atoms with Crippen molar-refractivity contribution in [3.05, 3.63) is 66.6 Å². The number of carboxylic acids is 1. The minimum atomic E-state index is -1.07. The second kappa shape index (κ2) is 5.54. The van der Waals surface area contributed by atoms with Gasteiger partial charge >= 0.3 is 5.97 Å². The van der Waals surface area contributed by atoms with Crippen molar-refractivity contribution in [2.24, 2.45) is 0 Å². The molecule has 0 aliphatic heterocycles. The Morgan fingerprint density at radius 2 is 2.24 bits per heavy atom. The van der Waals surface area contributed by atoms with Crippen LogP contribution in [-0.2, 0) is 6.54 Å². The zero-order valence-electron chi connectivity index (χ0n) is 11.1. The van der Waals surface area contributed by atoms with Crippen molar-refractivity contribution in [1.29, 1.82) is 0 Å². The van der Waals surface area contributed by atoms with Gasteiger partial charge in [0, 0.05) is 23.8 Å². The lowest BCUT2D eigenvalue weighted by Gasteiger charge is -2.07. The van der Waals surface area contributed by atoms with Crippen molar-refractivity contribution in [2.75, 3.05) is 5.32 Å². The maximum atomic E-state index is 10.7. The Labute approximate surface area is 120 Å². The molecule has 2 aromatic heterocycles. The standard InChI is InChI=1S/C15H13N3O3/c19-15(20)14-5-4-13(21-14)9-17-11-2-1-3-12(8-11)18-7-6-16-10-18/h1-8,10,17H,9H2,(H,19,20). The highest BCUT2D eigenvalue weighted by Gasteiger charge is 2.08. The Kier molecular flexibility index (Phi) is 3.42. The van der Waals surface area contributed by atoms with Crippen LogP contribution in [0, 0.1) is 0 Å². The maximum Gasteiger partial charge on any atom is 0.371 e. The van der Waals surface area contributed by atoms with Gasteiger partial charge in [-0.05, 0) is 30.3 Å². The summed E-state index contributed by atoms with van der Waals surface area (Å²) in [5, 5.41) is 12.0. The van der Waals surface area contributed by atoms with E-state index in [9.17, 15) is 4.79 Å². The Hall–Kier alpha value is -3.02. The van der Waals surface area contributed by atoms with Gasteiger partial charge in [0.15, 0.2) is 0 Å². The van der Waals surface area contributed by atoms with Crippen LogP contribution >= 0.6 is 0 Å². The first-order valence-electron chi connectivity index (χ1n) is 6.36. The summed E-state index contributed by atoms with van der Waals surface area (Å²) < 4.78 is 7.10. The van der Waals surface area contributed by atoms with E-state index < -0.39 is 5.97 Å². The monoisotopic (exact) mass is 283 g/mol. The lowest BCUT2D eigenvalue weighted by atomic mass is 10.2. The molecule has 0 atom stereocenters. The third kappa shape index (κ3) is 2.94.